The standard InChI is InChI=1S/C10H3Cl2F7N2S/c11-10(12,19)22-21-6-2-1-4(8(13,14)15)3-5(6)20-7(21)9(16,17)18/h1-3H. The first-order chi connectivity index (χ1) is 9.79. The molecule has 2 nitrogen and oxygen atoms in total. The van der Waals surface area contributed by atoms with Crippen LogP contribution >= 0.6 is 35.1 Å². The van der Waals surface area contributed by atoms with Crippen LogP contribution in [0.15, 0.2) is 18.2 Å². The molecule has 1 aromatic heterocycles. The highest BCUT2D eigenvalue weighted by molar-refractivity contribution is 8.01. The molecule has 2 aromatic rings. The van der Waals surface area contributed by atoms with Crippen molar-refractivity contribution < 1.29 is 30.7 Å². The normalized spacial score (nSPS) is 13.9. The lowest BCUT2D eigenvalue weighted by molar-refractivity contribution is -0.144. The first-order valence-electron chi connectivity index (χ1n) is 5.22. The molecule has 1 aromatic carbocycles. The predicted molar refractivity (Wildman–Crippen MR) is 68.3 cm³/mol. The van der Waals surface area contributed by atoms with E-state index in [2.05, 4.69) is 4.98 Å². The van der Waals surface area contributed by atoms with E-state index in [9.17, 15) is 30.7 Å². The molecule has 0 spiro atoms. The molecule has 0 unspecified atom stereocenters. The lowest BCUT2D eigenvalue weighted by atomic mass is 10.2. The number of benzene rings is 1. The maximum Gasteiger partial charge on any atom is 0.450 e. The Bertz CT molecular complexity index is 702. The number of imidazole rings is 1. The molecule has 0 saturated carbocycles. The van der Waals surface area contributed by atoms with Crippen molar-refractivity contribution in [2.45, 2.75) is 16.3 Å². The average molecular weight is 387 g/mol. The summed E-state index contributed by atoms with van der Waals surface area (Å²) in [5, 5.41) is 0. The Hall–Kier alpha value is -0.870. The van der Waals surface area contributed by atoms with Gasteiger partial charge in [-0.15, -0.1) is 0 Å². The summed E-state index contributed by atoms with van der Waals surface area (Å²) in [7, 11) is 0. The molecule has 0 atom stereocenters. The third-order valence-electron chi connectivity index (χ3n) is 2.39. The maximum atomic E-state index is 13.2. The Balaban J connectivity index is 2.69. The molecule has 0 aliphatic rings. The molecule has 0 aliphatic heterocycles. The number of alkyl halides is 9. The smallest absolute Gasteiger partial charge is 0.257 e. The molecule has 0 radical (unpaired) electrons. The highest BCUT2D eigenvalue weighted by Gasteiger charge is 2.41. The van der Waals surface area contributed by atoms with Crippen LogP contribution in [0.4, 0.5) is 30.7 Å². The van der Waals surface area contributed by atoms with Gasteiger partial charge in [-0.3, -0.25) is 3.97 Å². The van der Waals surface area contributed by atoms with E-state index in [1.165, 1.54) is 0 Å². The highest BCUT2D eigenvalue weighted by atomic mass is 35.5. The van der Waals surface area contributed by atoms with Gasteiger partial charge in [0.25, 0.3) is 0 Å². The monoisotopic (exact) mass is 386 g/mol. The van der Waals surface area contributed by atoms with E-state index in [0.29, 0.717) is 12.1 Å². The Morgan fingerprint density at radius 1 is 0.955 bits per heavy atom. The fourth-order valence-corrected chi connectivity index (χ4v) is 2.71. The molecular formula is C10H3Cl2F7N2S. The molecule has 122 valence electrons. The summed E-state index contributed by atoms with van der Waals surface area (Å²) in [5.74, 6) is -1.63. The molecule has 0 N–H and O–H groups in total. The Labute approximate surface area is 132 Å². The van der Waals surface area contributed by atoms with Crippen molar-refractivity contribution in [2.75, 3.05) is 0 Å². The average Bonchev–Trinajstić information content (AvgIpc) is 2.64. The zero-order valence-electron chi connectivity index (χ0n) is 9.94. The minimum atomic E-state index is -5.04. The van der Waals surface area contributed by atoms with Gasteiger partial charge in [0.15, 0.2) is 0 Å². The zero-order valence-corrected chi connectivity index (χ0v) is 12.3. The quantitative estimate of drug-likeness (QED) is 0.491. The molecule has 0 amide bonds. The Morgan fingerprint density at radius 2 is 1.55 bits per heavy atom. The summed E-state index contributed by atoms with van der Waals surface area (Å²) in [6, 6.07) is 1.69. The van der Waals surface area contributed by atoms with E-state index in [4.69, 9.17) is 23.2 Å². The number of rotatable bonds is 2. The molecule has 0 fully saturated rings. The van der Waals surface area contributed by atoms with Crippen LogP contribution in [0.5, 0.6) is 0 Å². The topological polar surface area (TPSA) is 17.8 Å². The molecular weight excluding hydrogens is 384 g/mol. The number of hydrogen-bond donors (Lipinski definition) is 0. The van der Waals surface area contributed by atoms with Crippen LogP contribution < -0.4 is 0 Å². The van der Waals surface area contributed by atoms with Crippen molar-refractivity contribution in [3.05, 3.63) is 29.6 Å². The number of halogens is 9. The van der Waals surface area contributed by atoms with E-state index in [-0.39, 0.29) is 15.9 Å². The second-order valence-electron chi connectivity index (χ2n) is 3.97. The predicted octanol–water partition coefficient (Wildman–Crippen LogP) is 5.63. The largest absolute Gasteiger partial charge is 0.450 e. The molecule has 22 heavy (non-hydrogen) atoms. The minimum absolute atomic E-state index is 0.204. The second-order valence-corrected chi connectivity index (χ2v) is 6.76. The summed E-state index contributed by atoms with van der Waals surface area (Å²) >= 11 is 9.75. The fourth-order valence-electron chi connectivity index (χ4n) is 1.61. The van der Waals surface area contributed by atoms with E-state index < -0.39 is 38.7 Å². The van der Waals surface area contributed by atoms with Crippen LogP contribution in [0.2, 0.25) is 0 Å². The van der Waals surface area contributed by atoms with Crippen molar-refractivity contribution in [2.24, 2.45) is 0 Å². The van der Waals surface area contributed by atoms with Gasteiger partial charge in [0.1, 0.15) is 0 Å². The van der Waals surface area contributed by atoms with Crippen LogP contribution in [0, 0.1) is 0 Å². The lowest BCUT2D eigenvalue weighted by Gasteiger charge is -2.14. The van der Waals surface area contributed by atoms with E-state index in [1.54, 1.807) is 0 Å². The molecule has 12 heteroatoms. The van der Waals surface area contributed by atoms with Gasteiger partial charge in [-0.25, -0.2) is 4.98 Å². The SMILES string of the molecule is FC(Cl)(Cl)Sn1c(C(F)(F)F)nc2cc(C(F)(F)F)ccc21. The molecule has 0 aliphatic carbocycles. The minimum Gasteiger partial charge on any atom is -0.257 e. The first kappa shape index (κ1) is 17.5. The van der Waals surface area contributed by atoms with Gasteiger partial charge in [0.2, 0.25) is 5.82 Å². The van der Waals surface area contributed by atoms with Crippen LogP contribution in [-0.4, -0.2) is 12.9 Å². The molecule has 0 saturated heterocycles. The van der Waals surface area contributed by atoms with Gasteiger partial charge < -0.3 is 0 Å². The van der Waals surface area contributed by atoms with Crippen molar-refractivity contribution in [3.8, 4) is 0 Å². The number of fused-ring (bicyclic) bond motifs is 1. The number of aromatic nitrogens is 2. The van der Waals surface area contributed by atoms with Gasteiger partial charge in [-0.05, 0) is 18.2 Å². The van der Waals surface area contributed by atoms with Crippen molar-refractivity contribution in [1.82, 2.24) is 8.96 Å². The van der Waals surface area contributed by atoms with Crippen molar-refractivity contribution in [1.29, 1.82) is 0 Å². The summed E-state index contributed by atoms with van der Waals surface area (Å²) in [6.45, 7) is 0. The third kappa shape index (κ3) is 3.72. The maximum absolute atomic E-state index is 13.2. The summed E-state index contributed by atoms with van der Waals surface area (Å²) in [5.41, 5.74) is -2.22. The summed E-state index contributed by atoms with van der Waals surface area (Å²) in [6.07, 6.45) is -9.80. The second kappa shape index (κ2) is 5.34. The van der Waals surface area contributed by atoms with Crippen LogP contribution in [0.1, 0.15) is 11.4 Å². The van der Waals surface area contributed by atoms with Gasteiger partial charge in [-0.2, -0.15) is 30.7 Å². The van der Waals surface area contributed by atoms with Gasteiger partial charge in [-0.1, -0.05) is 23.2 Å². The zero-order chi connectivity index (χ0) is 16.9. The van der Waals surface area contributed by atoms with Crippen molar-refractivity contribution in [3.63, 3.8) is 0 Å². The van der Waals surface area contributed by atoms with Crippen molar-refractivity contribution >= 4 is 46.2 Å². The fraction of sp³-hybridized carbons (Fsp3) is 0.300. The highest BCUT2D eigenvalue weighted by Crippen LogP contribution is 2.43. The van der Waals surface area contributed by atoms with E-state index in [1.807, 2.05) is 0 Å². The molecule has 0 bridgehead atoms. The Morgan fingerprint density at radius 3 is 2.00 bits per heavy atom. The van der Waals surface area contributed by atoms with Gasteiger partial charge >= 0.3 is 16.3 Å². The van der Waals surface area contributed by atoms with Crippen LogP contribution in [0.25, 0.3) is 11.0 Å². The third-order valence-corrected chi connectivity index (χ3v) is 3.56. The summed E-state index contributed by atoms with van der Waals surface area (Å²) < 4.78 is 86.6. The van der Waals surface area contributed by atoms with E-state index in [0.717, 1.165) is 6.07 Å². The number of hydrogen-bond acceptors (Lipinski definition) is 2. The van der Waals surface area contributed by atoms with Crippen LogP contribution in [-0.2, 0) is 12.4 Å². The van der Waals surface area contributed by atoms with Crippen LogP contribution in [0.3, 0.4) is 0 Å². The number of nitrogens with zero attached hydrogens (tertiary/aromatic N) is 2. The molecule has 1 heterocycles. The Kier molecular flexibility index (Phi) is 4.25. The van der Waals surface area contributed by atoms with Gasteiger partial charge in [0, 0.05) is 11.9 Å². The lowest BCUT2D eigenvalue weighted by Crippen LogP contribution is -2.14. The first-order valence-corrected chi connectivity index (χ1v) is 6.75. The van der Waals surface area contributed by atoms with E-state index >= 15 is 0 Å². The van der Waals surface area contributed by atoms with Gasteiger partial charge in [0.05, 0.1) is 16.6 Å². The molecule has 2 rings (SSSR count). The summed E-state index contributed by atoms with van der Waals surface area (Å²) in [4.78, 5) is 3.08.